The summed E-state index contributed by atoms with van der Waals surface area (Å²) in [4.78, 5) is 12.5. The molecular weight excluding hydrogens is 314 g/mol. The highest BCUT2D eigenvalue weighted by atomic mass is 16.5. The van der Waals surface area contributed by atoms with Gasteiger partial charge in [-0.2, -0.15) is 0 Å². The molecule has 4 heteroatoms. The van der Waals surface area contributed by atoms with Crippen molar-refractivity contribution in [3.8, 4) is 11.5 Å². The van der Waals surface area contributed by atoms with Crippen LogP contribution in [-0.4, -0.2) is 5.91 Å². The van der Waals surface area contributed by atoms with Crippen LogP contribution in [0.5, 0.6) is 11.5 Å². The number of para-hydroxylation sites is 4. The van der Waals surface area contributed by atoms with Crippen molar-refractivity contribution in [2.75, 3.05) is 5.32 Å². The van der Waals surface area contributed by atoms with Gasteiger partial charge in [0.1, 0.15) is 11.3 Å². The Morgan fingerprint density at radius 2 is 1.56 bits per heavy atom. The summed E-state index contributed by atoms with van der Waals surface area (Å²) in [7, 11) is 0. The van der Waals surface area contributed by atoms with Crippen molar-refractivity contribution in [2.24, 2.45) is 0 Å². The van der Waals surface area contributed by atoms with Gasteiger partial charge in [-0.15, -0.1) is 0 Å². The van der Waals surface area contributed by atoms with E-state index in [0.29, 0.717) is 22.8 Å². The Hall–Kier alpha value is -3.53. The smallest absolute Gasteiger partial charge is 0.291 e. The van der Waals surface area contributed by atoms with Crippen LogP contribution in [0.3, 0.4) is 0 Å². The Balaban J connectivity index is 1.59. The fourth-order valence-corrected chi connectivity index (χ4v) is 2.55. The first-order valence-corrected chi connectivity index (χ1v) is 7.91. The number of ether oxygens (including phenoxy) is 1. The molecule has 1 heterocycles. The molecule has 3 aromatic carbocycles. The normalized spacial score (nSPS) is 10.6. The molecule has 0 radical (unpaired) electrons. The summed E-state index contributed by atoms with van der Waals surface area (Å²) in [5, 5.41) is 3.74. The van der Waals surface area contributed by atoms with E-state index in [0.717, 1.165) is 5.39 Å². The third-order valence-corrected chi connectivity index (χ3v) is 3.76. The van der Waals surface area contributed by atoms with Crippen molar-refractivity contribution in [3.05, 3.63) is 90.7 Å². The van der Waals surface area contributed by atoms with Crippen LogP contribution in [0.1, 0.15) is 10.6 Å². The molecule has 0 saturated heterocycles. The van der Waals surface area contributed by atoms with Crippen molar-refractivity contribution >= 4 is 22.6 Å². The second-order valence-electron chi connectivity index (χ2n) is 5.51. The van der Waals surface area contributed by atoms with E-state index in [1.54, 1.807) is 18.2 Å². The first kappa shape index (κ1) is 15.0. The number of fused-ring (bicyclic) bond motifs is 1. The summed E-state index contributed by atoms with van der Waals surface area (Å²) in [6.07, 6.45) is 0. The molecule has 0 unspecified atom stereocenters. The lowest BCUT2D eigenvalue weighted by atomic mass is 10.2. The van der Waals surface area contributed by atoms with Gasteiger partial charge in [0, 0.05) is 5.39 Å². The molecule has 122 valence electrons. The number of hydrogen-bond acceptors (Lipinski definition) is 3. The molecule has 0 saturated carbocycles. The molecule has 0 fully saturated rings. The van der Waals surface area contributed by atoms with Crippen molar-refractivity contribution in [3.63, 3.8) is 0 Å². The fraction of sp³-hybridized carbons (Fsp3) is 0. The van der Waals surface area contributed by atoms with E-state index in [4.69, 9.17) is 9.15 Å². The number of rotatable bonds is 4. The summed E-state index contributed by atoms with van der Waals surface area (Å²) >= 11 is 0. The molecule has 4 aromatic rings. The number of benzene rings is 3. The highest BCUT2D eigenvalue weighted by Gasteiger charge is 2.14. The van der Waals surface area contributed by atoms with E-state index >= 15 is 0 Å². The Bertz CT molecular complexity index is 988. The fourth-order valence-electron chi connectivity index (χ4n) is 2.55. The summed E-state index contributed by atoms with van der Waals surface area (Å²) in [5.74, 6) is 1.21. The Labute approximate surface area is 144 Å². The first-order chi connectivity index (χ1) is 12.3. The molecule has 0 aliphatic heterocycles. The lowest BCUT2D eigenvalue weighted by Gasteiger charge is -2.11. The quantitative estimate of drug-likeness (QED) is 0.539. The van der Waals surface area contributed by atoms with Gasteiger partial charge in [0.05, 0.1) is 5.69 Å². The number of carbonyl (C=O) groups excluding carboxylic acids is 1. The van der Waals surface area contributed by atoms with Gasteiger partial charge in [-0.3, -0.25) is 4.79 Å². The monoisotopic (exact) mass is 329 g/mol. The van der Waals surface area contributed by atoms with Gasteiger partial charge in [0.2, 0.25) is 0 Å². The Kier molecular flexibility index (Phi) is 3.92. The van der Waals surface area contributed by atoms with Crippen LogP contribution in [0.4, 0.5) is 5.69 Å². The first-order valence-electron chi connectivity index (χ1n) is 7.91. The van der Waals surface area contributed by atoms with Gasteiger partial charge in [-0.05, 0) is 36.4 Å². The molecule has 0 spiro atoms. The van der Waals surface area contributed by atoms with E-state index in [9.17, 15) is 4.79 Å². The number of carbonyl (C=O) groups is 1. The molecule has 0 bridgehead atoms. The summed E-state index contributed by atoms with van der Waals surface area (Å²) in [5.41, 5.74) is 1.26. The Morgan fingerprint density at radius 3 is 2.40 bits per heavy atom. The van der Waals surface area contributed by atoms with Gasteiger partial charge in [-0.25, -0.2) is 0 Å². The lowest BCUT2D eigenvalue weighted by molar-refractivity contribution is 0.0998. The van der Waals surface area contributed by atoms with E-state index < -0.39 is 0 Å². The van der Waals surface area contributed by atoms with E-state index in [2.05, 4.69) is 5.32 Å². The molecular formula is C21H15NO3. The molecule has 1 amide bonds. The average molecular weight is 329 g/mol. The number of hydrogen-bond donors (Lipinski definition) is 1. The van der Waals surface area contributed by atoms with Crippen molar-refractivity contribution in [2.45, 2.75) is 0 Å². The number of anilines is 1. The minimum Gasteiger partial charge on any atom is -0.455 e. The van der Waals surface area contributed by atoms with Gasteiger partial charge in [-0.1, -0.05) is 48.5 Å². The zero-order valence-electron chi connectivity index (χ0n) is 13.3. The summed E-state index contributed by atoms with van der Waals surface area (Å²) < 4.78 is 11.5. The van der Waals surface area contributed by atoms with Crippen LogP contribution >= 0.6 is 0 Å². The topological polar surface area (TPSA) is 51.5 Å². The molecule has 1 aromatic heterocycles. The molecule has 25 heavy (non-hydrogen) atoms. The van der Waals surface area contributed by atoms with Crippen molar-refractivity contribution in [1.29, 1.82) is 0 Å². The van der Waals surface area contributed by atoms with E-state index in [1.165, 1.54) is 0 Å². The highest BCUT2D eigenvalue weighted by molar-refractivity contribution is 6.05. The SMILES string of the molecule is O=C(Nc1ccccc1Oc1ccccc1)c1cc2ccccc2o1. The van der Waals surface area contributed by atoms with E-state index in [-0.39, 0.29) is 11.7 Å². The summed E-state index contributed by atoms with van der Waals surface area (Å²) in [6, 6.07) is 26.0. The average Bonchev–Trinajstić information content (AvgIpc) is 3.09. The van der Waals surface area contributed by atoms with Gasteiger partial charge in [0.25, 0.3) is 5.91 Å². The van der Waals surface area contributed by atoms with E-state index in [1.807, 2.05) is 66.7 Å². The third kappa shape index (κ3) is 3.23. The molecule has 0 aliphatic rings. The summed E-state index contributed by atoms with van der Waals surface area (Å²) in [6.45, 7) is 0. The maximum absolute atomic E-state index is 12.5. The van der Waals surface area contributed by atoms with Crippen molar-refractivity contribution in [1.82, 2.24) is 0 Å². The molecule has 4 rings (SSSR count). The number of furan rings is 1. The predicted octanol–water partition coefficient (Wildman–Crippen LogP) is 5.48. The Morgan fingerprint density at radius 1 is 0.840 bits per heavy atom. The maximum atomic E-state index is 12.5. The largest absolute Gasteiger partial charge is 0.455 e. The van der Waals surface area contributed by atoms with Gasteiger partial charge in [0.15, 0.2) is 11.5 Å². The molecule has 0 atom stereocenters. The minimum atomic E-state index is -0.319. The van der Waals surface area contributed by atoms with Crippen LogP contribution in [-0.2, 0) is 0 Å². The second-order valence-corrected chi connectivity index (χ2v) is 5.51. The van der Waals surface area contributed by atoms with Crippen LogP contribution < -0.4 is 10.1 Å². The van der Waals surface area contributed by atoms with Crippen LogP contribution in [0.15, 0.2) is 89.3 Å². The second kappa shape index (κ2) is 6.53. The molecule has 4 nitrogen and oxygen atoms in total. The standard InChI is InChI=1S/C21H15NO3/c23-21(20-14-15-8-4-6-12-18(15)25-20)22-17-11-5-7-13-19(17)24-16-9-2-1-3-10-16/h1-14H,(H,22,23). The van der Waals surface area contributed by atoms with Gasteiger partial charge < -0.3 is 14.5 Å². The van der Waals surface area contributed by atoms with Crippen LogP contribution in [0, 0.1) is 0 Å². The zero-order valence-corrected chi connectivity index (χ0v) is 13.3. The number of nitrogens with one attached hydrogen (secondary N) is 1. The highest BCUT2D eigenvalue weighted by Crippen LogP contribution is 2.30. The minimum absolute atomic E-state index is 0.260. The maximum Gasteiger partial charge on any atom is 0.291 e. The molecule has 1 N–H and O–H groups in total. The zero-order chi connectivity index (χ0) is 17.1. The third-order valence-electron chi connectivity index (χ3n) is 3.76. The van der Waals surface area contributed by atoms with Crippen LogP contribution in [0.2, 0.25) is 0 Å². The van der Waals surface area contributed by atoms with Gasteiger partial charge >= 0.3 is 0 Å². The number of amides is 1. The predicted molar refractivity (Wildman–Crippen MR) is 97.1 cm³/mol. The van der Waals surface area contributed by atoms with Crippen LogP contribution in [0.25, 0.3) is 11.0 Å². The molecule has 0 aliphatic carbocycles. The lowest BCUT2D eigenvalue weighted by Crippen LogP contribution is -2.11. The van der Waals surface area contributed by atoms with Crippen molar-refractivity contribution < 1.29 is 13.9 Å².